The standard InChI is InChI=1S/C22H25FN2O4/c1-15(28-19-7-3-2-4-8-19)21(26)24-18-6-5-9-20(14-18)29-22(27)25-17-12-10-16(23)11-13-17/h2-4,7-8,10-13,15,18,20H,5-6,9,14H2,1H3,(H,24,26)(H,25,27)/t15-,18-,20-/m0/s1. The maximum absolute atomic E-state index is 12.9. The van der Waals surface area contributed by atoms with Gasteiger partial charge in [-0.1, -0.05) is 18.2 Å². The first kappa shape index (κ1) is 20.6. The van der Waals surface area contributed by atoms with Crippen LogP contribution in [0.3, 0.4) is 0 Å². The van der Waals surface area contributed by atoms with Gasteiger partial charge in [0.1, 0.15) is 17.7 Å². The van der Waals surface area contributed by atoms with E-state index in [4.69, 9.17) is 9.47 Å². The third-order valence-corrected chi connectivity index (χ3v) is 4.76. The van der Waals surface area contributed by atoms with Gasteiger partial charge in [-0.2, -0.15) is 0 Å². The number of halogens is 1. The average Bonchev–Trinajstić information content (AvgIpc) is 2.70. The van der Waals surface area contributed by atoms with Crippen LogP contribution in [-0.4, -0.2) is 30.3 Å². The summed E-state index contributed by atoms with van der Waals surface area (Å²) in [5, 5.41) is 5.56. The monoisotopic (exact) mass is 400 g/mol. The number of hydrogen-bond acceptors (Lipinski definition) is 4. The van der Waals surface area contributed by atoms with Gasteiger partial charge in [0, 0.05) is 18.2 Å². The zero-order valence-electron chi connectivity index (χ0n) is 16.3. The maximum atomic E-state index is 12.9. The molecular formula is C22H25FN2O4. The van der Waals surface area contributed by atoms with Gasteiger partial charge >= 0.3 is 6.09 Å². The van der Waals surface area contributed by atoms with Crippen LogP contribution in [0.4, 0.5) is 14.9 Å². The predicted octanol–water partition coefficient (Wildman–Crippen LogP) is 4.27. The van der Waals surface area contributed by atoms with Gasteiger partial charge in [-0.05, 0) is 62.6 Å². The summed E-state index contributed by atoms with van der Waals surface area (Å²) in [6.45, 7) is 1.70. The number of rotatable bonds is 6. The first-order valence-electron chi connectivity index (χ1n) is 9.75. The highest BCUT2D eigenvalue weighted by Gasteiger charge is 2.27. The van der Waals surface area contributed by atoms with Crippen LogP contribution in [0.15, 0.2) is 54.6 Å². The minimum Gasteiger partial charge on any atom is -0.481 e. The van der Waals surface area contributed by atoms with Crippen molar-refractivity contribution in [3.05, 3.63) is 60.4 Å². The number of carbonyl (C=O) groups is 2. The van der Waals surface area contributed by atoms with Crippen LogP contribution in [0.5, 0.6) is 5.75 Å². The van der Waals surface area contributed by atoms with E-state index in [0.29, 0.717) is 17.9 Å². The van der Waals surface area contributed by atoms with E-state index in [9.17, 15) is 14.0 Å². The molecule has 154 valence electrons. The summed E-state index contributed by atoms with van der Waals surface area (Å²) < 4.78 is 24.1. The minimum absolute atomic E-state index is 0.0818. The summed E-state index contributed by atoms with van der Waals surface area (Å²) in [5.74, 6) is 0.0630. The minimum atomic E-state index is -0.625. The van der Waals surface area contributed by atoms with E-state index in [0.717, 1.165) is 19.3 Å². The maximum Gasteiger partial charge on any atom is 0.411 e. The Morgan fingerprint density at radius 1 is 1.07 bits per heavy atom. The highest BCUT2D eigenvalue weighted by molar-refractivity contribution is 5.84. The van der Waals surface area contributed by atoms with E-state index in [1.165, 1.54) is 24.3 Å². The molecule has 0 radical (unpaired) electrons. The zero-order chi connectivity index (χ0) is 20.6. The molecule has 1 aliphatic rings. The Hall–Kier alpha value is -3.09. The van der Waals surface area contributed by atoms with E-state index >= 15 is 0 Å². The van der Waals surface area contributed by atoms with E-state index < -0.39 is 12.2 Å². The van der Waals surface area contributed by atoms with Crippen molar-refractivity contribution in [3.63, 3.8) is 0 Å². The number of benzene rings is 2. The highest BCUT2D eigenvalue weighted by Crippen LogP contribution is 2.22. The van der Waals surface area contributed by atoms with E-state index in [2.05, 4.69) is 10.6 Å². The molecule has 0 aromatic heterocycles. The summed E-state index contributed by atoms with van der Waals surface area (Å²) in [6.07, 6.45) is 1.44. The Kier molecular flexibility index (Phi) is 7.05. The quantitative estimate of drug-likeness (QED) is 0.759. The number of anilines is 1. The lowest BCUT2D eigenvalue weighted by molar-refractivity contribution is -0.128. The smallest absolute Gasteiger partial charge is 0.411 e. The molecule has 1 fully saturated rings. The number of nitrogens with one attached hydrogen (secondary N) is 2. The van der Waals surface area contributed by atoms with E-state index in [-0.39, 0.29) is 23.9 Å². The Labute approximate surface area is 169 Å². The van der Waals surface area contributed by atoms with Crippen molar-refractivity contribution < 1.29 is 23.5 Å². The molecule has 2 N–H and O–H groups in total. The molecule has 0 aliphatic heterocycles. The highest BCUT2D eigenvalue weighted by atomic mass is 19.1. The van der Waals surface area contributed by atoms with Crippen LogP contribution in [0.25, 0.3) is 0 Å². The van der Waals surface area contributed by atoms with Crippen LogP contribution in [-0.2, 0) is 9.53 Å². The zero-order valence-corrected chi connectivity index (χ0v) is 16.3. The Morgan fingerprint density at radius 3 is 2.52 bits per heavy atom. The molecule has 1 aliphatic carbocycles. The molecule has 0 heterocycles. The number of ether oxygens (including phenoxy) is 2. The fraction of sp³-hybridized carbons (Fsp3) is 0.364. The van der Waals surface area contributed by atoms with Crippen molar-refractivity contribution in [3.8, 4) is 5.75 Å². The summed E-state index contributed by atoms with van der Waals surface area (Å²) in [6, 6.07) is 14.6. The SMILES string of the molecule is C[C@H](Oc1ccccc1)C(=O)N[C@H]1CCC[C@H](OC(=O)Nc2ccc(F)cc2)C1. The summed E-state index contributed by atoms with van der Waals surface area (Å²) in [5.41, 5.74) is 0.462. The molecule has 2 amide bonds. The molecule has 0 unspecified atom stereocenters. The molecular weight excluding hydrogens is 375 g/mol. The van der Waals surface area contributed by atoms with Crippen LogP contribution < -0.4 is 15.4 Å². The van der Waals surface area contributed by atoms with Crippen LogP contribution in [0.2, 0.25) is 0 Å². The van der Waals surface area contributed by atoms with Crippen molar-refractivity contribution in [1.82, 2.24) is 5.32 Å². The number of para-hydroxylation sites is 1. The number of amides is 2. The lowest BCUT2D eigenvalue weighted by atomic mass is 9.92. The molecule has 0 spiro atoms. The lowest BCUT2D eigenvalue weighted by Gasteiger charge is -2.30. The molecule has 2 aromatic carbocycles. The van der Waals surface area contributed by atoms with Crippen molar-refractivity contribution in [2.45, 2.75) is 50.9 Å². The van der Waals surface area contributed by atoms with Crippen molar-refractivity contribution >= 4 is 17.7 Å². The molecule has 3 atom stereocenters. The largest absolute Gasteiger partial charge is 0.481 e. The molecule has 0 saturated heterocycles. The first-order chi connectivity index (χ1) is 14.0. The third kappa shape index (κ3) is 6.48. The number of carbonyl (C=O) groups excluding carboxylic acids is 2. The van der Waals surface area contributed by atoms with Gasteiger partial charge in [-0.3, -0.25) is 10.1 Å². The summed E-state index contributed by atoms with van der Waals surface area (Å²) in [7, 11) is 0. The van der Waals surface area contributed by atoms with Crippen molar-refractivity contribution in [2.75, 3.05) is 5.32 Å². The molecule has 7 heteroatoms. The van der Waals surface area contributed by atoms with Gasteiger partial charge in [0.25, 0.3) is 5.91 Å². The predicted molar refractivity (Wildman–Crippen MR) is 107 cm³/mol. The topological polar surface area (TPSA) is 76.7 Å². The first-order valence-corrected chi connectivity index (χ1v) is 9.75. The second kappa shape index (κ2) is 9.91. The molecule has 2 aromatic rings. The van der Waals surface area contributed by atoms with E-state index in [1.807, 2.05) is 18.2 Å². The van der Waals surface area contributed by atoms with Gasteiger partial charge in [0.05, 0.1) is 0 Å². The molecule has 3 rings (SSSR count). The van der Waals surface area contributed by atoms with E-state index in [1.54, 1.807) is 19.1 Å². The summed E-state index contributed by atoms with van der Waals surface area (Å²) >= 11 is 0. The molecule has 6 nitrogen and oxygen atoms in total. The second-order valence-corrected chi connectivity index (χ2v) is 7.10. The summed E-state index contributed by atoms with van der Waals surface area (Å²) in [4.78, 5) is 24.5. The fourth-order valence-electron chi connectivity index (χ4n) is 3.29. The van der Waals surface area contributed by atoms with Crippen LogP contribution in [0.1, 0.15) is 32.6 Å². The third-order valence-electron chi connectivity index (χ3n) is 4.76. The second-order valence-electron chi connectivity index (χ2n) is 7.10. The number of hydrogen-bond donors (Lipinski definition) is 2. The normalized spacial score (nSPS) is 19.7. The lowest BCUT2D eigenvalue weighted by Crippen LogP contribution is -2.46. The van der Waals surface area contributed by atoms with Crippen molar-refractivity contribution in [2.24, 2.45) is 0 Å². The Morgan fingerprint density at radius 2 is 1.79 bits per heavy atom. The van der Waals surface area contributed by atoms with Gasteiger partial charge in [0.15, 0.2) is 6.10 Å². The van der Waals surface area contributed by atoms with Gasteiger partial charge in [-0.25, -0.2) is 9.18 Å². The van der Waals surface area contributed by atoms with Gasteiger partial charge in [-0.15, -0.1) is 0 Å². The van der Waals surface area contributed by atoms with Crippen LogP contribution in [0, 0.1) is 5.82 Å². The molecule has 0 bridgehead atoms. The van der Waals surface area contributed by atoms with Gasteiger partial charge < -0.3 is 14.8 Å². The Bertz CT molecular complexity index is 813. The Balaban J connectivity index is 1.45. The average molecular weight is 400 g/mol. The molecule has 29 heavy (non-hydrogen) atoms. The van der Waals surface area contributed by atoms with Gasteiger partial charge in [0.2, 0.25) is 0 Å². The van der Waals surface area contributed by atoms with Crippen LogP contribution >= 0.6 is 0 Å². The fourth-order valence-corrected chi connectivity index (χ4v) is 3.29. The molecule has 1 saturated carbocycles. The van der Waals surface area contributed by atoms with Crippen molar-refractivity contribution in [1.29, 1.82) is 0 Å².